The van der Waals surface area contributed by atoms with Gasteiger partial charge in [-0.05, 0) is 19.3 Å². The molecular formula is C12H18O4. The number of hydrogen-bond donors (Lipinski definition) is 0. The minimum absolute atomic E-state index is 0.0240. The number of rotatable bonds is 7. The van der Waals surface area contributed by atoms with Gasteiger partial charge < -0.3 is 4.74 Å². The van der Waals surface area contributed by atoms with Crippen molar-refractivity contribution in [3.05, 3.63) is 0 Å². The average Bonchev–Trinajstić information content (AvgIpc) is 3.08. The molecule has 0 aromatic rings. The Morgan fingerprint density at radius 1 is 1.31 bits per heavy atom. The number of esters is 1. The Bertz CT molecular complexity index is 291. The van der Waals surface area contributed by atoms with E-state index in [1.165, 1.54) is 7.11 Å². The van der Waals surface area contributed by atoms with E-state index in [1.807, 2.05) is 6.92 Å². The third-order valence-electron chi connectivity index (χ3n) is 2.81. The highest BCUT2D eigenvalue weighted by Crippen LogP contribution is 2.32. The van der Waals surface area contributed by atoms with Crippen molar-refractivity contribution in [2.75, 3.05) is 7.11 Å². The Hall–Kier alpha value is -1.19. The third-order valence-corrected chi connectivity index (χ3v) is 2.81. The van der Waals surface area contributed by atoms with Crippen LogP contribution in [0.5, 0.6) is 0 Å². The number of methoxy groups -OCH3 is 1. The van der Waals surface area contributed by atoms with Gasteiger partial charge in [-0.2, -0.15) is 0 Å². The first kappa shape index (κ1) is 12.9. The van der Waals surface area contributed by atoms with Crippen molar-refractivity contribution in [1.29, 1.82) is 0 Å². The molecule has 0 amide bonds. The van der Waals surface area contributed by atoms with Gasteiger partial charge in [-0.1, -0.05) is 6.92 Å². The van der Waals surface area contributed by atoms with E-state index in [1.54, 1.807) is 0 Å². The highest BCUT2D eigenvalue weighted by Gasteiger charge is 2.35. The molecule has 0 saturated heterocycles. The van der Waals surface area contributed by atoms with Gasteiger partial charge in [0.15, 0.2) is 0 Å². The lowest BCUT2D eigenvalue weighted by Gasteiger charge is -2.12. The summed E-state index contributed by atoms with van der Waals surface area (Å²) < 4.78 is 4.57. The maximum Gasteiger partial charge on any atom is 0.316 e. The van der Waals surface area contributed by atoms with E-state index in [0.717, 1.165) is 12.8 Å². The molecule has 1 aliphatic rings. The number of ether oxygens (including phenoxy) is 1. The molecule has 0 N–H and O–H groups in total. The SMILES string of the molecule is CCCC(=O)C(CC(=O)C1CC1)C(=O)OC. The molecular weight excluding hydrogens is 208 g/mol. The minimum atomic E-state index is -0.877. The predicted molar refractivity (Wildman–Crippen MR) is 57.8 cm³/mol. The molecule has 0 aromatic carbocycles. The molecule has 16 heavy (non-hydrogen) atoms. The van der Waals surface area contributed by atoms with Gasteiger partial charge in [-0.3, -0.25) is 14.4 Å². The fourth-order valence-electron chi connectivity index (χ4n) is 1.66. The van der Waals surface area contributed by atoms with Crippen LogP contribution in [0.3, 0.4) is 0 Å². The van der Waals surface area contributed by atoms with Crippen LogP contribution in [-0.4, -0.2) is 24.6 Å². The van der Waals surface area contributed by atoms with E-state index in [0.29, 0.717) is 12.8 Å². The van der Waals surface area contributed by atoms with Crippen molar-refractivity contribution in [2.45, 2.75) is 39.0 Å². The quantitative estimate of drug-likeness (QED) is 0.487. The summed E-state index contributed by atoms with van der Waals surface area (Å²) in [6.07, 6.45) is 2.83. The standard InChI is InChI=1S/C12H18O4/c1-3-4-10(13)9(12(15)16-2)7-11(14)8-5-6-8/h8-9H,3-7H2,1-2H3. The van der Waals surface area contributed by atoms with E-state index >= 15 is 0 Å². The number of carbonyl (C=O) groups excluding carboxylic acids is 3. The maximum atomic E-state index is 11.7. The second kappa shape index (κ2) is 5.77. The highest BCUT2D eigenvalue weighted by atomic mass is 16.5. The van der Waals surface area contributed by atoms with Crippen LogP contribution in [0.4, 0.5) is 0 Å². The number of Topliss-reactive ketones (excluding diaryl/α,β-unsaturated/α-hetero) is 2. The molecule has 90 valence electrons. The molecule has 1 aliphatic carbocycles. The van der Waals surface area contributed by atoms with Gasteiger partial charge in [0.25, 0.3) is 0 Å². The normalized spacial score (nSPS) is 16.6. The lowest BCUT2D eigenvalue weighted by atomic mass is 9.93. The molecule has 0 spiro atoms. The summed E-state index contributed by atoms with van der Waals surface area (Å²) >= 11 is 0. The summed E-state index contributed by atoms with van der Waals surface area (Å²) in [6.45, 7) is 1.87. The average molecular weight is 226 g/mol. The third kappa shape index (κ3) is 3.43. The lowest BCUT2D eigenvalue weighted by Crippen LogP contribution is -2.28. The van der Waals surface area contributed by atoms with Crippen LogP contribution >= 0.6 is 0 Å². The van der Waals surface area contributed by atoms with Gasteiger partial charge in [0.05, 0.1) is 7.11 Å². The minimum Gasteiger partial charge on any atom is -0.468 e. The van der Waals surface area contributed by atoms with Crippen molar-refractivity contribution in [3.8, 4) is 0 Å². The second-order valence-corrected chi connectivity index (χ2v) is 4.24. The fourth-order valence-corrected chi connectivity index (χ4v) is 1.66. The monoisotopic (exact) mass is 226 g/mol. The molecule has 4 heteroatoms. The summed E-state index contributed by atoms with van der Waals surface area (Å²) in [5, 5.41) is 0. The Labute approximate surface area is 95.3 Å². The van der Waals surface area contributed by atoms with Crippen LogP contribution in [-0.2, 0) is 19.1 Å². The van der Waals surface area contributed by atoms with Crippen LogP contribution in [0.2, 0.25) is 0 Å². The van der Waals surface area contributed by atoms with Gasteiger partial charge in [-0.25, -0.2) is 0 Å². The summed E-state index contributed by atoms with van der Waals surface area (Å²) in [7, 11) is 1.25. The van der Waals surface area contributed by atoms with Gasteiger partial charge in [0.1, 0.15) is 17.5 Å². The largest absolute Gasteiger partial charge is 0.468 e. The van der Waals surface area contributed by atoms with E-state index in [9.17, 15) is 14.4 Å². The molecule has 1 unspecified atom stereocenters. The topological polar surface area (TPSA) is 60.4 Å². The van der Waals surface area contributed by atoms with E-state index in [2.05, 4.69) is 4.74 Å². The molecule has 0 aliphatic heterocycles. The van der Waals surface area contributed by atoms with E-state index in [-0.39, 0.29) is 23.9 Å². The Balaban J connectivity index is 2.58. The molecule has 0 heterocycles. The second-order valence-electron chi connectivity index (χ2n) is 4.24. The molecule has 1 fully saturated rings. The van der Waals surface area contributed by atoms with Gasteiger partial charge >= 0.3 is 5.97 Å². The first-order valence-corrected chi connectivity index (χ1v) is 5.73. The van der Waals surface area contributed by atoms with Gasteiger partial charge in [0.2, 0.25) is 0 Å². The zero-order valence-corrected chi connectivity index (χ0v) is 9.82. The van der Waals surface area contributed by atoms with Crippen molar-refractivity contribution in [2.24, 2.45) is 11.8 Å². The molecule has 1 rings (SSSR count). The highest BCUT2D eigenvalue weighted by molar-refractivity contribution is 6.02. The van der Waals surface area contributed by atoms with Crippen LogP contribution in [0, 0.1) is 11.8 Å². The van der Waals surface area contributed by atoms with Crippen molar-refractivity contribution in [3.63, 3.8) is 0 Å². The first-order valence-electron chi connectivity index (χ1n) is 5.73. The van der Waals surface area contributed by atoms with E-state index < -0.39 is 11.9 Å². The van der Waals surface area contributed by atoms with Gasteiger partial charge in [-0.15, -0.1) is 0 Å². The van der Waals surface area contributed by atoms with Crippen LogP contribution in [0.1, 0.15) is 39.0 Å². The molecule has 0 aromatic heterocycles. The Kier molecular flexibility index (Phi) is 4.65. The van der Waals surface area contributed by atoms with Crippen molar-refractivity contribution >= 4 is 17.5 Å². The molecule has 0 radical (unpaired) electrons. The Morgan fingerprint density at radius 2 is 1.94 bits per heavy atom. The van der Waals surface area contributed by atoms with Gasteiger partial charge in [0, 0.05) is 18.8 Å². The van der Waals surface area contributed by atoms with Crippen molar-refractivity contribution in [1.82, 2.24) is 0 Å². The summed E-state index contributed by atoms with van der Waals surface area (Å²) in [5.41, 5.74) is 0. The zero-order chi connectivity index (χ0) is 12.1. The van der Waals surface area contributed by atoms with Crippen LogP contribution in [0.25, 0.3) is 0 Å². The summed E-state index contributed by atoms with van der Waals surface area (Å²) in [4.78, 5) is 34.7. The summed E-state index contributed by atoms with van der Waals surface area (Å²) in [5.74, 6) is -1.52. The maximum absolute atomic E-state index is 11.7. The van der Waals surface area contributed by atoms with Crippen LogP contribution < -0.4 is 0 Å². The first-order chi connectivity index (χ1) is 7.60. The zero-order valence-electron chi connectivity index (χ0n) is 9.82. The molecule has 4 nitrogen and oxygen atoms in total. The smallest absolute Gasteiger partial charge is 0.316 e. The fraction of sp³-hybridized carbons (Fsp3) is 0.750. The predicted octanol–water partition coefficient (Wildman–Crippen LogP) is 1.51. The van der Waals surface area contributed by atoms with E-state index in [4.69, 9.17) is 0 Å². The summed E-state index contributed by atoms with van der Waals surface area (Å²) in [6, 6.07) is 0. The number of carbonyl (C=O) groups is 3. The lowest BCUT2D eigenvalue weighted by molar-refractivity contribution is -0.151. The molecule has 1 saturated carbocycles. The molecule has 0 bridgehead atoms. The van der Waals surface area contributed by atoms with Crippen LogP contribution in [0.15, 0.2) is 0 Å². The molecule has 1 atom stereocenters. The number of ketones is 2. The number of hydrogen-bond acceptors (Lipinski definition) is 4. The van der Waals surface area contributed by atoms with Crippen molar-refractivity contribution < 1.29 is 19.1 Å². The Morgan fingerprint density at radius 3 is 2.38 bits per heavy atom.